The molecule has 6 aromatic carbocycles. The Morgan fingerprint density at radius 3 is 1.03 bits per heavy atom. The molecule has 156 valence electrons. The highest BCUT2D eigenvalue weighted by atomic mass is 15.3. The Morgan fingerprint density at radius 2 is 0.727 bits per heavy atom. The molecule has 0 atom stereocenters. The van der Waals surface area contributed by atoms with Gasteiger partial charge in [-0.3, -0.25) is 0 Å². The topological polar surface area (TPSA) is 6.48 Å². The fourth-order valence-electron chi connectivity index (χ4n) is 5.78. The van der Waals surface area contributed by atoms with E-state index in [1.165, 1.54) is 65.8 Å². The molecule has 0 aromatic heterocycles. The van der Waals surface area contributed by atoms with Gasteiger partial charge >= 0.3 is 0 Å². The van der Waals surface area contributed by atoms with Gasteiger partial charge in [0.05, 0.1) is 22.7 Å². The predicted molar refractivity (Wildman–Crippen MR) is 143 cm³/mol. The zero-order valence-corrected chi connectivity index (χ0v) is 18.4. The van der Waals surface area contributed by atoms with Crippen LogP contribution in [0.2, 0.25) is 0 Å². The molecule has 0 radical (unpaired) electrons. The summed E-state index contributed by atoms with van der Waals surface area (Å²) in [6, 6.07) is 34.9. The van der Waals surface area contributed by atoms with Crippen LogP contribution in [0, 0.1) is 0 Å². The van der Waals surface area contributed by atoms with E-state index < -0.39 is 0 Å². The van der Waals surface area contributed by atoms with E-state index in [2.05, 4.69) is 120 Å². The monoisotopic (exact) mass is 422 g/mol. The third kappa shape index (κ3) is 2.27. The van der Waals surface area contributed by atoms with E-state index in [0.717, 1.165) is 0 Å². The Morgan fingerprint density at radius 1 is 0.455 bits per heavy atom. The molecule has 0 unspecified atom stereocenters. The standard InChI is InChI=1S/C31H22N2/c1-3-33-30-26-18-10-6-14-22(26)20-12-4-8-16-24(20)28(30)32(2)29-25-17-9-5-13-21(25)23-15-7-11-19-27(23)31(29)33/h3-19H,1H2,2H3. The Kier molecular flexibility index (Phi) is 3.66. The molecule has 0 fully saturated rings. The van der Waals surface area contributed by atoms with Crippen molar-refractivity contribution >= 4 is 65.8 Å². The molecule has 0 bridgehead atoms. The molecule has 1 aliphatic heterocycles. The SMILES string of the molecule is C=CN1c2c(c3ccccc3c3ccccc23)N(C)c2c1c1ccccc1c1ccccc21. The van der Waals surface area contributed by atoms with Crippen molar-refractivity contribution in [3.05, 3.63) is 110 Å². The van der Waals surface area contributed by atoms with Crippen LogP contribution < -0.4 is 9.80 Å². The first-order valence-electron chi connectivity index (χ1n) is 11.3. The van der Waals surface area contributed by atoms with Gasteiger partial charge in [-0.05, 0) is 21.5 Å². The summed E-state index contributed by atoms with van der Waals surface area (Å²) in [4.78, 5) is 4.71. The van der Waals surface area contributed by atoms with E-state index in [9.17, 15) is 0 Å². The van der Waals surface area contributed by atoms with Crippen molar-refractivity contribution in [2.24, 2.45) is 0 Å². The van der Waals surface area contributed by atoms with Crippen molar-refractivity contribution in [3.8, 4) is 0 Å². The lowest BCUT2D eigenvalue weighted by molar-refractivity contribution is 1.16. The molecule has 6 aromatic rings. The number of hydrogen-bond donors (Lipinski definition) is 0. The molecule has 0 saturated carbocycles. The average Bonchev–Trinajstić information content (AvgIpc) is 2.88. The second-order valence-corrected chi connectivity index (χ2v) is 8.69. The minimum absolute atomic E-state index is 1.19. The lowest BCUT2D eigenvalue weighted by Crippen LogP contribution is -2.25. The highest BCUT2D eigenvalue weighted by Crippen LogP contribution is 2.57. The first kappa shape index (κ1) is 18.3. The van der Waals surface area contributed by atoms with Gasteiger partial charge in [0.2, 0.25) is 0 Å². The molecule has 0 N–H and O–H groups in total. The van der Waals surface area contributed by atoms with Gasteiger partial charge in [0, 0.05) is 34.8 Å². The molecule has 1 aliphatic rings. The summed E-state index contributed by atoms with van der Waals surface area (Å²) in [5.74, 6) is 0. The van der Waals surface area contributed by atoms with Crippen molar-refractivity contribution < 1.29 is 0 Å². The van der Waals surface area contributed by atoms with Gasteiger partial charge in [-0.2, -0.15) is 0 Å². The maximum Gasteiger partial charge on any atom is 0.0780 e. The lowest BCUT2D eigenvalue weighted by atomic mass is 9.91. The summed E-state index contributed by atoms with van der Waals surface area (Å²) in [5, 5.41) is 10.1. The molecule has 0 amide bonds. The van der Waals surface area contributed by atoms with Crippen molar-refractivity contribution in [2.75, 3.05) is 16.8 Å². The van der Waals surface area contributed by atoms with E-state index in [-0.39, 0.29) is 0 Å². The molecule has 0 saturated heterocycles. The first-order valence-corrected chi connectivity index (χ1v) is 11.3. The molecular weight excluding hydrogens is 400 g/mol. The maximum absolute atomic E-state index is 4.29. The van der Waals surface area contributed by atoms with Crippen molar-refractivity contribution in [1.82, 2.24) is 0 Å². The van der Waals surface area contributed by atoms with E-state index in [1.54, 1.807) is 0 Å². The Balaban J connectivity index is 1.76. The van der Waals surface area contributed by atoms with Gasteiger partial charge in [0.1, 0.15) is 0 Å². The first-order chi connectivity index (χ1) is 16.3. The fraction of sp³-hybridized carbons (Fsp3) is 0.0323. The number of fused-ring (bicyclic) bond motifs is 12. The molecule has 2 nitrogen and oxygen atoms in total. The van der Waals surface area contributed by atoms with E-state index >= 15 is 0 Å². The summed E-state index contributed by atoms with van der Waals surface area (Å²) in [6.07, 6.45) is 1.98. The third-order valence-corrected chi connectivity index (χ3v) is 7.09. The van der Waals surface area contributed by atoms with Crippen LogP contribution in [0.1, 0.15) is 0 Å². The van der Waals surface area contributed by atoms with Crippen LogP contribution in [0.5, 0.6) is 0 Å². The summed E-state index contributed by atoms with van der Waals surface area (Å²) in [6.45, 7) is 4.29. The van der Waals surface area contributed by atoms with Gasteiger partial charge in [0.15, 0.2) is 0 Å². The van der Waals surface area contributed by atoms with Crippen LogP contribution >= 0.6 is 0 Å². The Hall–Kier alpha value is -4.30. The third-order valence-electron chi connectivity index (χ3n) is 7.09. The highest BCUT2D eigenvalue weighted by molar-refractivity contribution is 6.29. The number of rotatable bonds is 1. The van der Waals surface area contributed by atoms with Gasteiger partial charge in [-0.25, -0.2) is 0 Å². The normalized spacial score (nSPS) is 13.0. The number of benzene rings is 6. The van der Waals surface area contributed by atoms with Crippen molar-refractivity contribution in [1.29, 1.82) is 0 Å². The lowest BCUT2D eigenvalue weighted by Gasteiger charge is -2.40. The van der Waals surface area contributed by atoms with Gasteiger partial charge in [0.25, 0.3) is 0 Å². The van der Waals surface area contributed by atoms with Crippen LogP contribution in [-0.2, 0) is 0 Å². The average molecular weight is 423 g/mol. The molecular formula is C31H22N2. The van der Waals surface area contributed by atoms with Gasteiger partial charge < -0.3 is 9.80 Å². The number of nitrogens with zero attached hydrogens (tertiary/aromatic N) is 2. The number of hydrogen-bond acceptors (Lipinski definition) is 2. The van der Waals surface area contributed by atoms with Crippen LogP contribution in [0.25, 0.3) is 43.1 Å². The second kappa shape index (κ2) is 6.60. The van der Waals surface area contributed by atoms with Crippen LogP contribution in [0.4, 0.5) is 22.7 Å². The van der Waals surface area contributed by atoms with Crippen LogP contribution in [-0.4, -0.2) is 7.05 Å². The minimum atomic E-state index is 1.19. The molecule has 33 heavy (non-hydrogen) atoms. The fourth-order valence-corrected chi connectivity index (χ4v) is 5.78. The van der Waals surface area contributed by atoms with Crippen LogP contribution in [0.3, 0.4) is 0 Å². The van der Waals surface area contributed by atoms with E-state index in [0.29, 0.717) is 0 Å². The molecule has 0 aliphatic carbocycles. The quantitative estimate of drug-likeness (QED) is 0.245. The van der Waals surface area contributed by atoms with Crippen molar-refractivity contribution in [3.63, 3.8) is 0 Å². The molecule has 1 heterocycles. The minimum Gasteiger partial charge on any atom is -0.340 e. The number of anilines is 4. The maximum atomic E-state index is 4.29. The Labute approximate surface area is 192 Å². The summed E-state index contributed by atoms with van der Waals surface area (Å²) in [7, 11) is 2.21. The summed E-state index contributed by atoms with van der Waals surface area (Å²) < 4.78 is 0. The molecule has 2 heteroatoms. The molecule has 7 rings (SSSR count). The smallest absolute Gasteiger partial charge is 0.0780 e. The molecule has 0 spiro atoms. The Bertz CT molecular complexity index is 1640. The van der Waals surface area contributed by atoms with E-state index in [1.807, 2.05) is 6.20 Å². The summed E-state index contributed by atoms with van der Waals surface area (Å²) in [5.41, 5.74) is 4.82. The van der Waals surface area contributed by atoms with Crippen molar-refractivity contribution in [2.45, 2.75) is 0 Å². The van der Waals surface area contributed by atoms with Gasteiger partial charge in [-0.15, -0.1) is 0 Å². The zero-order chi connectivity index (χ0) is 22.1. The highest BCUT2D eigenvalue weighted by Gasteiger charge is 2.32. The largest absolute Gasteiger partial charge is 0.340 e. The van der Waals surface area contributed by atoms with E-state index in [4.69, 9.17) is 0 Å². The predicted octanol–water partition coefficient (Wildman–Crippen LogP) is 8.66. The summed E-state index contributed by atoms with van der Waals surface area (Å²) >= 11 is 0. The van der Waals surface area contributed by atoms with Crippen LogP contribution in [0.15, 0.2) is 110 Å². The van der Waals surface area contributed by atoms with Gasteiger partial charge in [-0.1, -0.05) is 104 Å². The zero-order valence-electron chi connectivity index (χ0n) is 18.4. The second-order valence-electron chi connectivity index (χ2n) is 8.69.